The number of hydrogen-bond acceptors (Lipinski definition) is 3. The van der Waals surface area contributed by atoms with Crippen molar-refractivity contribution in [3.63, 3.8) is 0 Å². The van der Waals surface area contributed by atoms with Crippen molar-refractivity contribution in [1.29, 1.82) is 0 Å². The number of carbonyl (C=O) groups is 3. The molecule has 0 bridgehead atoms. The van der Waals surface area contributed by atoms with Crippen molar-refractivity contribution in [3.8, 4) is 11.1 Å². The van der Waals surface area contributed by atoms with Gasteiger partial charge in [0.2, 0.25) is 5.78 Å². The molecule has 0 aliphatic carbocycles. The molecule has 0 unspecified atom stereocenters. The van der Waals surface area contributed by atoms with E-state index in [9.17, 15) is 14.4 Å². The van der Waals surface area contributed by atoms with E-state index < -0.39 is 11.7 Å². The van der Waals surface area contributed by atoms with Crippen molar-refractivity contribution in [2.24, 2.45) is 0 Å². The lowest BCUT2D eigenvalue weighted by molar-refractivity contribution is -0.144. The topological polar surface area (TPSA) is 57.7 Å². The molecule has 1 aliphatic rings. The van der Waals surface area contributed by atoms with Crippen LogP contribution in [0.1, 0.15) is 17.3 Å². The maximum Gasteiger partial charge on any atom is 0.289 e. The highest BCUT2D eigenvalue weighted by Gasteiger charge is 2.26. The van der Waals surface area contributed by atoms with Crippen molar-refractivity contribution < 1.29 is 14.4 Å². The molecule has 128 valence electrons. The van der Waals surface area contributed by atoms with Crippen molar-refractivity contribution >= 4 is 17.6 Å². The average molecular weight is 336 g/mol. The lowest BCUT2D eigenvalue weighted by Crippen LogP contribution is -2.51. The van der Waals surface area contributed by atoms with Gasteiger partial charge in [0.25, 0.3) is 11.8 Å². The summed E-state index contributed by atoms with van der Waals surface area (Å²) in [6.07, 6.45) is 0. The summed E-state index contributed by atoms with van der Waals surface area (Å²) >= 11 is 0. The maximum absolute atomic E-state index is 12.6. The Kier molecular flexibility index (Phi) is 4.93. The molecular formula is C20H20N2O3. The van der Waals surface area contributed by atoms with Crippen LogP contribution in [0.15, 0.2) is 54.6 Å². The summed E-state index contributed by atoms with van der Waals surface area (Å²) in [5.41, 5.74) is 2.80. The molecule has 0 radical (unpaired) electrons. The monoisotopic (exact) mass is 336 g/mol. The Bertz CT molecular complexity index is 776. The third kappa shape index (κ3) is 3.76. The quantitative estimate of drug-likeness (QED) is 0.808. The Hall–Kier alpha value is -2.95. The second kappa shape index (κ2) is 7.30. The first-order valence-corrected chi connectivity index (χ1v) is 8.31. The number of Topliss-reactive ketones (excluding diaryl/α,β-unsaturated/α-hetero) is 1. The van der Waals surface area contributed by atoms with Crippen LogP contribution >= 0.6 is 0 Å². The summed E-state index contributed by atoms with van der Waals surface area (Å²) in [5.74, 6) is -0.981. The summed E-state index contributed by atoms with van der Waals surface area (Å²) in [4.78, 5) is 38.7. The highest BCUT2D eigenvalue weighted by Crippen LogP contribution is 2.20. The van der Waals surface area contributed by atoms with Gasteiger partial charge in [-0.1, -0.05) is 42.5 Å². The van der Waals surface area contributed by atoms with Gasteiger partial charge in [-0.15, -0.1) is 0 Å². The number of piperazine rings is 1. The first-order chi connectivity index (χ1) is 12.1. The first-order valence-electron chi connectivity index (χ1n) is 8.31. The van der Waals surface area contributed by atoms with Crippen LogP contribution < -0.4 is 0 Å². The van der Waals surface area contributed by atoms with Crippen molar-refractivity contribution in [2.45, 2.75) is 6.92 Å². The van der Waals surface area contributed by atoms with E-state index in [0.717, 1.165) is 11.1 Å². The number of rotatable bonds is 3. The molecule has 2 aromatic carbocycles. The highest BCUT2D eigenvalue weighted by atomic mass is 16.2. The van der Waals surface area contributed by atoms with E-state index in [2.05, 4.69) is 0 Å². The molecule has 3 rings (SSSR count). The molecule has 1 heterocycles. The number of hydrogen-bond donors (Lipinski definition) is 0. The molecule has 5 nitrogen and oxygen atoms in total. The van der Waals surface area contributed by atoms with E-state index in [1.54, 1.807) is 4.90 Å². The molecule has 1 fully saturated rings. The standard InChI is InChI=1S/C20H20N2O3/c1-15(23)19(24)21-11-13-22(14-12-21)20(25)18-9-7-17(8-10-18)16-5-3-2-4-6-16/h2-10H,11-14H2,1H3. The third-order valence-corrected chi connectivity index (χ3v) is 4.39. The van der Waals surface area contributed by atoms with Crippen LogP contribution in [0, 0.1) is 0 Å². The van der Waals surface area contributed by atoms with Crippen LogP contribution in [-0.4, -0.2) is 53.6 Å². The van der Waals surface area contributed by atoms with Crippen LogP contribution in [0.2, 0.25) is 0 Å². The summed E-state index contributed by atoms with van der Waals surface area (Å²) in [7, 11) is 0. The van der Waals surface area contributed by atoms with Crippen molar-refractivity contribution in [1.82, 2.24) is 9.80 Å². The van der Waals surface area contributed by atoms with E-state index in [4.69, 9.17) is 0 Å². The summed E-state index contributed by atoms with van der Waals surface area (Å²) in [6, 6.07) is 17.5. The van der Waals surface area contributed by atoms with E-state index in [1.165, 1.54) is 11.8 Å². The largest absolute Gasteiger partial charge is 0.335 e. The molecule has 2 aromatic rings. The maximum atomic E-state index is 12.6. The van der Waals surface area contributed by atoms with E-state index in [1.807, 2.05) is 54.6 Å². The fourth-order valence-corrected chi connectivity index (χ4v) is 2.95. The normalized spacial score (nSPS) is 14.3. The second-order valence-corrected chi connectivity index (χ2v) is 6.08. The molecular weight excluding hydrogens is 316 g/mol. The average Bonchev–Trinajstić information content (AvgIpc) is 2.67. The van der Waals surface area contributed by atoms with Gasteiger partial charge >= 0.3 is 0 Å². The predicted octanol–water partition coefficient (Wildman–Crippen LogP) is 2.23. The zero-order valence-electron chi connectivity index (χ0n) is 14.1. The van der Waals surface area contributed by atoms with Gasteiger partial charge in [-0.25, -0.2) is 0 Å². The molecule has 2 amide bonds. The minimum absolute atomic E-state index is 0.0467. The molecule has 1 aliphatic heterocycles. The van der Waals surface area contributed by atoms with Crippen LogP contribution in [0.4, 0.5) is 0 Å². The van der Waals surface area contributed by atoms with Gasteiger partial charge in [0.15, 0.2) is 0 Å². The predicted molar refractivity (Wildman–Crippen MR) is 95.0 cm³/mol. The first kappa shape index (κ1) is 16.9. The van der Waals surface area contributed by atoms with E-state index in [-0.39, 0.29) is 5.91 Å². The molecule has 1 saturated heterocycles. The van der Waals surface area contributed by atoms with Gasteiger partial charge in [0.1, 0.15) is 0 Å². The van der Waals surface area contributed by atoms with Gasteiger partial charge in [0.05, 0.1) is 0 Å². The zero-order valence-corrected chi connectivity index (χ0v) is 14.1. The second-order valence-electron chi connectivity index (χ2n) is 6.08. The van der Waals surface area contributed by atoms with Crippen molar-refractivity contribution in [2.75, 3.05) is 26.2 Å². The third-order valence-electron chi connectivity index (χ3n) is 4.39. The molecule has 0 aromatic heterocycles. The smallest absolute Gasteiger partial charge is 0.289 e. The van der Waals surface area contributed by atoms with Crippen LogP contribution in [0.5, 0.6) is 0 Å². The van der Waals surface area contributed by atoms with Gasteiger partial charge < -0.3 is 9.80 Å². The van der Waals surface area contributed by atoms with Crippen LogP contribution in [-0.2, 0) is 9.59 Å². The van der Waals surface area contributed by atoms with E-state index >= 15 is 0 Å². The summed E-state index contributed by atoms with van der Waals surface area (Å²) in [5, 5.41) is 0. The summed E-state index contributed by atoms with van der Waals surface area (Å²) in [6.45, 7) is 2.95. The molecule has 0 N–H and O–H groups in total. The summed E-state index contributed by atoms with van der Waals surface area (Å²) < 4.78 is 0. The van der Waals surface area contributed by atoms with Gasteiger partial charge in [-0.05, 0) is 23.3 Å². The Morgan fingerprint density at radius 1 is 0.720 bits per heavy atom. The Morgan fingerprint density at radius 2 is 1.24 bits per heavy atom. The number of nitrogens with zero attached hydrogens (tertiary/aromatic N) is 2. The lowest BCUT2D eigenvalue weighted by atomic mass is 10.0. The molecule has 0 spiro atoms. The van der Waals surface area contributed by atoms with Crippen LogP contribution in [0.3, 0.4) is 0 Å². The van der Waals surface area contributed by atoms with E-state index in [0.29, 0.717) is 31.7 Å². The molecule has 0 saturated carbocycles. The number of ketones is 1. The van der Waals surface area contributed by atoms with Gasteiger partial charge in [0, 0.05) is 38.7 Å². The number of benzene rings is 2. The molecule has 0 atom stereocenters. The minimum atomic E-state index is -0.473. The SMILES string of the molecule is CC(=O)C(=O)N1CCN(C(=O)c2ccc(-c3ccccc3)cc2)CC1. The zero-order chi connectivity index (χ0) is 17.8. The fraction of sp³-hybridized carbons (Fsp3) is 0.250. The van der Waals surface area contributed by atoms with Crippen LogP contribution in [0.25, 0.3) is 11.1 Å². The minimum Gasteiger partial charge on any atom is -0.335 e. The number of carbonyl (C=O) groups excluding carboxylic acids is 3. The Labute approximate surface area is 146 Å². The molecule has 5 heteroatoms. The number of amides is 2. The lowest BCUT2D eigenvalue weighted by Gasteiger charge is -2.34. The Balaban J connectivity index is 1.64. The highest BCUT2D eigenvalue weighted by molar-refractivity contribution is 6.35. The van der Waals surface area contributed by atoms with Gasteiger partial charge in [-0.3, -0.25) is 14.4 Å². The Morgan fingerprint density at radius 3 is 1.80 bits per heavy atom. The fourth-order valence-electron chi connectivity index (χ4n) is 2.95. The van der Waals surface area contributed by atoms with Gasteiger partial charge in [-0.2, -0.15) is 0 Å². The molecule has 25 heavy (non-hydrogen) atoms. The van der Waals surface area contributed by atoms with Crippen molar-refractivity contribution in [3.05, 3.63) is 60.2 Å².